The lowest BCUT2D eigenvalue weighted by Gasteiger charge is -2.20. The number of carbonyl (C=O) groups is 1. The summed E-state index contributed by atoms with van der Waals surface area (Å²) in [5.74, 6) is 0.358. The van der Waals surface area contributed by atoms with Gasteiger partial charge >= 0.3 is 0 Å². The second-order valence-corrected chi connectivity index (χ2v) is 5.84. The third-order valence-electron chi connectivity index (χ3n) is 2.98. The zero-order valence-electron chi connectivity index (χ0n) is 10.7. The molecule has 1 aliphatic heterocycles. The lowest BCUT2D eigenvalue weighted by Crippen LogP contribution is -2.25. The van der Waals surface area contributed by atoms with E-state index >= 15 is 0 Å². The fraction of sp³-hybridized carbons (Fsp3) is 0.0714. The predicted octanol–water partition coefficient (Wildman–Crippen LogP) is 3.76. The van der Waals surface area contributed by atoms with Crippen LogP contribution in [0.1, 0.15) is 0 Å². The fourth-order valence-corrected chi connectivity index (χ4v) is 2.51. The lowest BCUT2D eigenvalue weighted by molar-refractivity contribution is -0.118. The van der Waals surface area contributed by atoms with Crippen LogP contribution in [-0.4, -0.2) is 12.5 Å². The molecular formula is C14H11BrClN3O2. The molecule has 3 rings (SSSR count). The maximum atomic E-state index is 11.4. The average Bonchev–Trinajstić information content (AvgIpc) is 2.44. The van der Waals surface area contributed by atoms with Gasteiger partial charge in [-0.3, -0.25) is 4.79 Å². The Morgan fingerprint density at radius 2 is 2.10 bits per heavy atom. The number of hydrogen-bond donors (Lipinski definition) is 3. The fourth-order valence-electron chi connectivity index (χ4n) is 1.99. The zero-order valence-corrected chi connectivity index (χ0v) is 13.1. The number of rotatable bonds is 2. The average molecular weight is 369 g/mol. The topological polar surface area (TPSA) is 76.4 Å². The van der Waals surface area contributed by atoms with Crippen molar-refractivity contribution in [3.63, 3.8) is 0 Å². The number of amides is 1. The van der Waals surface area contributed by atoms with Gasteiger partial charge in [-0.25, -0.2) is 0 Å². The number of hydrogen-bond acceptors (Lipinski definition) is 4. The Balaban J connectivity index is 1.97. The SMILES string of the molecule is Nc1cc2c(cc1Nc1cc(Br)ccc1Cl)NC(=O)CO2. The Bertz CT molecular complexity index is 736. The molecule has 0 aliphatic carbocycles. The van der Waals surface area contributed by atoms with Crippen LogP contribution in [0.15, 0.2) is 34.8 Å². The highest BCUT2D eigenvalue weighted by atomic mass is 79.9. The predicted molar refractivity (Wildman–Crippen MR) is 87.4 cm³/mol. The monoisotopic (exact) mass is 367 g/mol. The molecule has 0 fully saturated rings. The van der Waals surface area contributed by atoms with Gasteiger partial charge in [0.05, 0.1) is 27.8 Å². The van der Waals surface area contributed by atoms with Crippen LogP contribution in [0.3, 0.4) is 0 Å². The molecule has 0 radical (unpaired) electrons. The second kappa shape index (κ2) is 5.46. The van der Waals surface area contributed by atoms with Crippen LogP contribution >= 0.6 is 27.5 Å². The van der Waals surface area contributed by atoms with Crippen molar-refractivity contribution in [2.45, 2.75) is 0 Å². The van der Waals surface area contributed by atoms with Crippen molar-refractivity contribution in [2.24, 2.45) is 0 Å². The van der Waals surface area contributed by atoms with Gasteiger partial charge in [0.2, 0.25) is 0 Å². The number of ether oxygens (including phenoxy) is 1. The van der Waals surface area contributed by atoms with Gasteiger partial charge in [0.25, 0.3) is 5.91 Å². The van der Waals surface area contributed by atoms with Gasteiger partial charge < -0.3 is 21.1 Å². The normalized spacial score (nSPS) is 13.1. The van der Waals surface area contributed by atoms with E-state index in [-0.39, 0.29) is 12.5 Å². The Hall–Kier alpha value is -1.92. The highest BCUT2D eigenvalue weighted by Crippen LogP contribution is 2.38. The largest absolute Gasteiger partial charge is 0.482 e. The Labute approximate surface area is 134 Å². The van der Waals surface area contributed by atoms with Crippen molar-refractivity contribution in [1.29, 1.82) is 0 Å². The summed E-state index contributed by atoms with van der Waals surface area (Å²) in [6, 6.07) is 8.85. The number of halogens is 2. The number of nitrogens with two attached hydrogens (primary N) is 1. The minimum absolute atomic E-state index is 0.00330. The molecule has 4 N–H and O–H groups in total. The van der Waals surface area contributed by atoms with E-state index < -0.39 is 0 Å². The summed E-state index contributed by atoms with van der Waals surface area (Å²) >= 11 is 9.54. The Kier molecular flexibility index (Phi) is 3.65. The summed E-state index contributed by atoms with van der Waals surface area (Å²) in [4.78, 5) is 11.4. The van der Waals surface area contributed by atoms with E-state index in [1.165, 1.54) is 0 Å². The van der Waals surface area contributed by atoms with Crippen LogP contribution in [0.5, 0.6) is 5.75 Å². The molecule has 0 saturated heterocycles. The molecule has 0 aromatic heterocycles. The van der Waals surface area contributed by atoms with Crippen molar-refractivity contribution in [3.05, 3.63) is 39.8 Å². The molecule has 108 valence electrons. The first kappa shape index (κ1) is 14.0. The van der Waals surface area contributed by atoms with Gasteiger partial charge in [0.15, 0.2) is 6.61 Å². The minimum Gasteiger partial charge on any atom is -0.482 e. The number of carbonyl (C=O) groups excluding carboxylic acids is 1. The van der Waals surface area contributed by atoms with Crippen LogP contribution in [0, 0.1) is 0 Å². The van der Waals surface area contributed by atoms with Crippen LogP contribution in [0.25, 0.3) is 0 Å². The summed E-state index contributed by atoms with van der Waals surface area (Å²) in [6.45, 7) is -0.00330. The van der Waals surface area contributed by atoms with Gasteiger partial charge in [0.1, 0.15) is 5.75 Å². The molecule has 0 unspecified atom stereocenters. The number of nitrogen functional groups attached to an aromatic ring is 1. The smallest absolute Gasteiger partial charge is 0.262 e. The summed E-state index contributed by atoms with van der Waals surface area (Å²) in [5, 5.41) is 6.46. The molecule has 21 heavy (non-hydrogen) atoms. The summed E-state index contributed by atoms with van der Waals surface area (Å²) in [5.41, 5.74) is 8.43. The maximum Gasteiger partial charge on any atom is 0.262 e. The van der Waals surface area contributed by atoms with E-state index in [4.69, 9.17) is 22.1 Å². The van der Waals surface area contributed by atoms with Crippen LogP contribution < -0.4 is 21.1 Å². The first-order valence-corrected chi connectivity index (χ1v) is 7.28. The molecule has 2 aromatic carbocycles. The molecule has 0 bridgehead atoms. The molecule has 1 heterocycles. The highest BCUT2D eigenvalue weighted by molar-refractivity contribution is 9.10. The number of anilines is 4. The van der Waals surface area contributed by atoms with Gasteiger partial charge in [0, 0.05) is 10.5 Å². The molecule has 0 saturated carbocycles. The van der Waals surface area contributed by atoms with E-state index in [1.807, 2.05) is 12.1 Å². The van der Waals surface area contributed by atoms with Crippen molar-refractivity contribution in [1.82, 2.24) is 0 Å². The van der Waals surface area contributed by atoms with E-state index in [0.29, 0.717) is 33.5 Å². The van der Waals surface area contributed by atoms with Gasteiger partial charge in [-0.05, 0) is 24.3 Å². The van der Waals surface area contributed by atoms with Crippen molar-refractivity contribution in [3.8, 4) is 5.75 Å². The second-order valence-electron chi connectivity index (χ2n) is 4.52. The van der Waals surface area contributed by atoms with Crippen molar-refractivity contribution < 1.29 is 9.53 Å². The molecule has 0 spiro atoms. The summed E-state index contributed by atoms with van der Waals surface area (Å²) in [7, 11) is 0. The van der Waals surface area contributed by atoms with Gasteiger partial charge in [-0.15, -0.1) is 0 Å². The molecule has 5 nitrogen and oxygen atoms in total. The lowest BCUT2D eigenvalue weighted by atomic mass is 10.2. The van der Waals surface area contributed by atoms with Crippen LogP contribution in [0.4, 0.5) is 22.7 Å². The Morgan fingerprint density at radius 3 is 2.90 bits per heavy atom. The van der Waals surface area contributed by atoms with Crippen LogP contribution in [0.2, 0.25) is 5.02 Å². The molecule has 2 aromatic rings. The third-order valence-corrected chi connectivity index (χ3v) is 3.81. The maximum absolute atomic E-state index is 11.4. The number of benzene rings is 2. The molecule has 1 aliphatic rings. The standard InChI is InChI=1S/C14H11BrClN3O2/c15-7-1-2-8(16)10(3-7)18-11-5-12-13(4-9(11)17)21-6-14(20)19-12/h1-5,18H,6,17H2,(H,19,20). The molecule has 1 amide bonds. The number of nitrogens with one attached hydrogen (secondary N) is 2. The minimum atomic E-state index is -0.196. The number of fused-ring (bicyclic) bond motifs is 1. The Morgan fingerprint density at radius 1 is 1.29 bits per heavy atom. The van der Waals surface area contributed by atoms with E-state index in [1.54, 1.807) is 18.2 Å². The van der Waals surface area contributed by atoms with E-state index in [2.05, 4.69) is 26.6 Å². The van der Waals surface area contributed by atoms with E-state index in [9.17, 15) is 4.79 Å². The molecule has 7 heteroatoms. The van der Waals surface area contributed by atoms with E-state index in [0.717, 1.165) is 4.47 Å². The molecule has 0 atom stereocenters. The van der Waals surface area contributed by atoms with Crippen LogP contribution in [-0.2, 0) is 4.79 Å². The third kappa shape index (κ3) is 2.91. The van der Waals surface area contributed by atoms with Gasteiger partial charge in [-0.2, -0.15) is 0 Å². The summed E-state index contributed by atoms with van der Waals surface area (Å²) in [6.07, 6.45) is 0. The van der Waals surface area contributed by atoms with Gasteiger partial charge in [-0.1, -0.05) is 27.5 Å². The van der Waals surface area contributed by atoms with Crippen molar-refractivity contribution >= 4 is 56.2 Å². The quantitative estimate of drug-likeness (QED) is 0.706. The first-order valence-electron chi connectivity index (χ1n) is 6.11. The highest BCUT2D eigenvalue weighted by Gasteiger charge is 2.18. The molecular weight excluding hydrogens is 358 g/mol. The summed E-state index contributed by atoms with van der Waals surface area (Å²) < 4.78 is 6.20. The zero-order chi connectivity index (χ0) is 15.0. The first-order chi connectivity index (χ1) is 10.0. The van der Waals surface area contributed by atoms with Crippen molar-refractivity contribution in [2.75, 3.05) is 23.0 Å².